The third-order valence-electron chi connectivity index (χ3n) is 14.0. The molecule has 0 heterocycles. The standard InChI is InChI=1S/C32H52O6/c1-18-23-19-9-10-22-28(4)15-21(35)25(36)29(5,17-33)24(28)20(34)16-31(22,7)30(19,6)12-14-32(23,26(37)38-8)13-11-27(18,2)3/h9,18,20-25,33-36H,10-17H2,1-8H3/t18-,20-,21-,22-,23+,24-,25+,28-,29+,30-,31-,32+/m1/s1. The maximum atomic E-state index is 13.5. The Balaban J connectivity index is 1.66. The van der Waals surface area contributed by atoms with E-state index < -0.39 is 34.6 Å². The van der Waals surface area contributed by atoms with Crippen molar-refractivity contribution in [2.45, 2.75) is 112 Å². The van der Waals surface area contributed by atoms with E-state index in [0.717, 1.165) is 32.1 Å². The minimum absolute atomic E-state index is 0.0705. The van der Waals surface area contributed by atoms with E-state index in [1.165, 1.54) is 12.7 Å². The third-order valence-corrected chi connectivity index (χ3v) is 14.0. The molecule has 0 aliphatic heterocycles. The molecule has 0 spiro atoms. The Morgan fingerprint density at radius 2 is 1.61 bits per heavy atom. The fourth-order valence-corrected chi connectivity index (χ4v) is 11.5. The molecule has 5 aliphatic carbocycles. The van der Waals surface area contributed by atoms with Crippen LogP contribution in [0.15, 0.2) is 11.6 Å². The average molecular weight is 533 g/mol. The third kappa shape index (κ3) is 3.24. The predicted molar refractivity (Wildman–Crippen MR) is 146 cm³/mol. The van der Waals surface area contributed by atoms with E-state index in [1.807, 2.05) is 6.92 Å². The van der Waals surface area contributed by atoms with Crippen LogP contribution in [-0.2, 0) is 9.53 Å². The van der Waals surface area contributed by atoms with Gasteiger partial charge < -0.3 is 25.2 Å². The first-order valence-electron chi connectivity index (χ1n) is 14.9. The Morgan fingerprint density at radius 3 is 2.21 bits per heavy atom. The van der Waals surface area contributed by atoms with E-state index in [4.69, 9.17) is 4.74 Å². The summed E-state index contributed by atoms with van der Waals surface area (Å²) in [7, 11) is 1.53. The molecule has 0 aromatic heterocycles. The number of methoxy groups -OCH3 is 1. The number of carbonyl (C=O) groups excluding carboxylic acids is 1. The summed E-state index contributed by atoms with van der Waals surface area (Å²) >= 11 is 0. The molecule has 0 unspecified atom stereocenters. The highest BCUT2D eigenvalue weighted by atomic mass is 16.5. The zero-order chi connectivity index (χ0) is 28.3. The Morgan fingerprint density at radius 1 is 0.974 bits per heavy atom. The van der Waals surface area contributed by atoms with E-state index >= 15 is 0 Å². The molecular weight excluding hydrogens is 480 g/mol. The van der Waals surface area contributed by atoms with Crippen LogP contribution in [0, 0.1) is 56.2 Å². The number of esters is 1. The van der Waals surface area contributed by atoms with Gasteiger partial charge in [-0.3, -0.25) is 4.79 Å². The van der Waals surface area contributed by atoms with Crippen LogP contribution in [0.2, 0.25) is 0 Å². The number of aliphatic hydroxyl groups excluding tert-OH is 4. The van der Waals surface area contributed by atoms with Gasteiger partial charge in [0.15, 0.2) is 0 Å². The summed E-state index contributed by atoms with van der Waals surface area (Å²) in [5.41, 5.74) is -0.930. The molecule has 216 valence electrons. The molecule has 6 nitrogen and oxygen atoms in total. The minimum atomic E-state index is -1.07. The van der Waals surface area contributed by atoms with Crippen LogP contribution in [0.25, 0.3) is 0 Å². The zero-order valence-corrected chi connectivity index (χ0v) is 24.9. The highest BCUT2D eigenvalue weighted by Crippen LogP contribution is 2.76. The number of hydrogen-bond donors (Lipinski definition) is 4. The van der Waals surface area contributed by atoms with Gasteiger partial charge in [0.1, 0.15) is 0 Å². The van der Waals surface area contributed by atoms with Gasteiger partial charge in [-0.1, -0.05) is 60.1 Å². The molecule has 4 saturated carbocycles. The van der Waals surface area contributed by atoms with Crippen molar-refractivity contribution in [3.63, 3.8) is 0 Å². The van der Waals surface area contributed by atoms with E-state index in [1.54, 1.807) is 0 Å². The molecule has 5 aliphatic rings. The van der Waals surface area contributed by atoms with Gasteiger partial charge in [0, 0.05) is 11.3 Å². The molecule has 38 heavy (non-hydrogen) atoms. The van der Waals surface area contributed by atoms with Crippen molar-refractivity contribution >= 4 is 5.97 Å². The average Bonchev–Trinajstić information content (AvgIpc) is 2.84. The Kier molecular flexibility index (Phi) is 6.42. The molecule has 4 N–H and O–H groups in total. The molecule has 0 aromatic rings. The molecule has 0 radical (unpaired) electrons. The van der Waals surface area contributed by atoms with E-state index in [0.29, 0.717) is 18.8 Å². The topological polar surface area (TPSA) is 107 Å². The molecule has 4 fully saturated rings. The van der Waals surface area contributed by atoms with E-state index in [9.17, 15) is 25.2 Å². The van der Waals surface area contributed by atoms with Crippen molar-refractivity contribution in [2.75, 3.05) is 13.7 Å². The van der Waals surface area contributed by atoms with Gasteiger partial charge in [-0.25, -0.2) is 0 Å². The lowest BCUT2D eigenvalue weighted by atomic mass is 9.32. The first-order chi connectivity index (χ1) is 17.5. The van der Waals surface area contributed by atoms with Crippen LogP contribution in [0.3, 0.4) is 0 Å². The molecular formula is C32H52O6. The van der Waals surface area contributed by atoms with Gasteiger partial charge in [-0.05, 0) is 84.4 Å². The Bertz CT molecular complexity index is 1020. The van der Waals surface area contributed by atoms with Crippen molar-refractivity contribution in [1.82, 2.24) is 0 Å². The number of rotatable bonds is 2. The molecule has 12 atom stereocenters. The number of fused-ring (bicyclic) bond motifs is 7. The predicted octanol–water partition coefficient (Wildman–Crippen LogP) is 4.48. The highest BCUT2D eigenvalue weighted by molar-refractivity contribution is 5.78. The van der Waals surface area contributed by atoms with Crippen LogP contribution < -0.4 is 0 Å². The number of hydrogen-bond acceptors (Lipinski definition) is 6. The van der Waals surface area contributed by atoms with Gasteiger partial charge in [0.25, 0.3) is 0 Å². The van der Waals surface area contributed by atoms with Gasteiger partial charge in [0.05, 0.1) is 37.4 Å². The normalized spacial score (nSPS) is 55.5. The van der Waals surface area contributed by atoms with Crippen LogP contribution in [0.1, 0.15) is 93.4 Å². The molecule has 0 amide bonds. The summed E-state index contributed by atoms with van der Waals surface area (Å²) in [6.07, 6.45) is 5.00. The Hall–Kier alpha value is -0.950. The minimum Gasteiger partial charge on any atom is -0.469 e. The second-order valence-electron chi connectivity index (χ2n) is 15.7. The van der Waals surface area contributed by atoms with Crippen molar-refractivity contribution in [3.8, 4) is 0 Å². The van der Waals surface area contributed by atoms with Gasteiger partial charge >= 0.3 is 5.97 Å². The van der Waals surface area contributed by atoms with Crippen molar-refractivity contribution in [1.29, 1.82) is 0 Å². The smallest absolute Gasteiger partial charge is 0.312 e. The first-order valence-corrected chi connectivity index (χ1v) is 14.9. The van der Waals surface area contributed by atoms with E-state index in [-0.39, 0.29) is 46.6 Å². The quantitative estimate of drug-likeness (QED) is 0.309. The molecule has 6 heteroatoms. The lowest BCUT2D eigenvalue weighted by molar-refractivity contribution is -0.274. The second-order valence-corrected chi connectivity index (χ2v) is 15.7. The van der Waals surface area contributed by atoms with Crippen LogP contribution >= 0.6 is 0 Å². The summed E-state index contributed by atoms with van der Waals surface area (Å²) in [5.74, 6) is 0.184. The molecule has 0 saturated heterocycles. The number of allylic oxidation sites excluding steroid dienone is 2. The van der Waals surface area contributed by atoms with Crippen molar-refractivity contribution in [3.05, 3.63) is 11.6 Å². The second kappa shape index (κ2) is 8.53. The van der Waals surface area contributed by atoms with Crippen LogP contribution in [0.4, 0.5) is 0 Å². The van der Waals surface area contributed by atoms with Gasteiger partial charge in [0.2, 0.25) is 0 Å². The summed E-state index contributed by atoms with van der Waals surface area (Å²) in [5, 5.41) is 44.4. The number of carbonyl (C=O) groups is 1. The summed E-state index contributed by atoms with van der Waals surface area (Å²) in [4.78, 5) is 13.5. The zero-order valence-electron chi connectivity index (χ0n) is 24.9. The molecule has 0 bridgehead atoms. The molecule has 5 rings (SSSR count). The van der Waals surface area contributed by atoms with Gasteiger partial charge in [-0.2, -0.15) is 0 Å². The first kappa shape index (κ1) is 28.6. The summed E-state index contributed by atoms with van der Waals surface area (Å²) < 4.78 is 5.49. The Labute approximate surface area is 229 Å². The highest BCUT2D eigenvalue weighted by Gasteiger charge is 2.73. The lowest BCUT2D eigenvalue weighted by Gasteiger charge is -2.72. The SMILES string of the molecule is COC(=O)[C@]12CCC(C)(C)[C@H](C)[C@H]1C1=CC[C@@H]3[C@@]4(C)C[C@@H](O)[C@H](O)[C@@](C)(CO)[C@@H]4[C@H](O)C[C@@]3(C)[C@]1(C)CC2. The monoisotopic (exact) mass is 532 g/mol. The lowest BCUT2D eigenvalue weighted by Crippen LogP contribution is -2.71. The fourth-order valence-electron chi connectivity index (χ4n) is 11.5. The molecule has 0 aromatic carbocycles. The van der Waals surface area contributed by atoms with Crippen LogP contribution in [-0.4, -0.2) is 58.4 Å². The number of ether oxygens (including phenoxy) is 1. The summed E-state index contributed by atoms with van der Waals surface area (Å²) in [6.45, 7) is 15.4. The van der Waals surface area contributed by atoms with Gasteiger partial charge in [-0.15, -0.1) is 0 Å². The maximum Gasteiger partial charge on any atom is 0.312 e. The largest absolute Gasteiger partial charge is 0.469 e. The summed E-state index contributed by atoms with van der Waals surface area (Å²) in [6, 6.07) is 0. The van der Waals surface area contributed by atoms with E-state index in [2.05, 4.69) is 47.6 Å². The van der Waals surface area contributed by atoms with Crippen molar-refractivity contribution in [2.24, 2.45) is 56.2 Å². The fraction of sp³-hybridized carbons (Fsp3) is 0.906. The maximum absolute atomic E-state index is 13.5. The number of aliphatic hydroxyl groups is 4. The van der Waals surface area contributed by atoms with Crippen molar-refractivity contribution < 1.29 is 30.0 Å². The van der Waals surface area contributed by atoms with Crippen LogP contribution in [0.5, 0.6) is 0 Å².